The Kier molecular flexibility index (Phi) is 12.7. The predicted octanol–water partition coefficient (Wildman–Crippen LogP) is 7.26. The first kappa shape index (κ1) is 26.4. The van der Waals surface area contributed by atoms with Crippen LogP contribution in [0.4, 0.5) is 4.39 Å². The molecule has 0 aliphatic heterocycles. The van der Waals surface area contributed by atoms with Gasteiger partial charge in [0.15, 0.2) is 17.0 Å². The van der Waals surface area contributed by atoms with Gasteiger partial charge in [-0.1, -0.05) is 88.8 Å². The number of halogens is 2. The number of benzene rings is 1. The standard InChI is InChI=1S/C24H36ClFO4/c1-4-5-6-7-8-9-10-11-12-13-14-18-29-22(27)24(2,3)23(28)30-21-19(25)16-15-17-20(21)26/h15-17H,4-14,18H2,1-3H3. The van der Waals surface area contributed by atoms with Crippen molar-refractivity contribution < 1.29 is 23.5 Å². The third kappa shape index (κ3) is 9.46. The van der Waals surface area contributed by atoms with Gasteiger partial charge in [0.25, 0.3) is 0 Å². The number of carbonyl (C=O) groups excluding carboxylic acids is 2. The summed E-state index contributed by atoms with van der Waals surface area (Å²) in [5, 5.41) is -0.0338. The van der Waals surface area contributed by atoms with Crippen molar-refractivity contribution in [3.8, 4) is 5.75 Å². The van der Waals surface area contributed by atoms with Crippen LogP contribution < -0.4 is 4.74 Å². The Morgan fingerprint density at radius 3 is 1.97 bits per heavy atom. The maximum atomic E-state index is 13.8. The van der Waals surface area contributed by atoms with Crippen molar-refractivity contribution in [2.45, 2.75) is 91.4 Å². The molecule has 0 N–H and O–H groups in total. The smallest absolute Gasteiger partial charge is 0.328 e. The molecule has 30 heavy (non-hydrogen) atoms. The van der Waals surface area contributed by atoms with Crippen molar-refractivity contribution in [2.75, 3.05) is 6.61 Å². The highest BCUT2D eigenvalue weighted by Crippen LogP contribution is 2.30. The fraction of sp³-hybridized carbons (Fsp3) is 0.667. The van der Waals surface area contributed by atoms with Crippen LogP contribution in [0.25, 0.3) is 0 Å². The van der Waals surface area contributed by atoms with Crippen molar-refractivity contribution in [1.82, 2.24) is 0 Å². The molecule has 0 aromatic heterocycles. The molecule has 0 aliphatic carbocycles. The Labute approximate surface area is 185 Å². The molecule has 0 fully saturated rings. The van der Waals surface area contributed by atoms with E-state index >= 15 is 0 Å². The molecule has 0 spiro atoms. The van der Waals surface area contributed by atoms with E-state index in [1.165, 1.54) is 77.3 Å². The van der Waals surface area contributed by atoms with Crippen LogP contribution >= 0.6 is 11.6 Å². The summed E-state index contributed by atoms with van der Waals surface area (Å²) >= 11 is 5.86. The SMILES string of the molecule is CCCCCCCCCCCCCOC(=O)C(C)(C)C(=O)Oc1c(F)cccc1Cl. The Hall–Kier alpha value is -1.62. The summed E-state index contributed by atoms with van der Waals surface area (Å²) in [7, 11) is 0. The van der Waals surface area contributed by atoms with Crippen molar-refractivity contribution in [3.05, 3.63) is 29.0 Å². The van der Waals surface area contributed by atoms with Gasteiger partial charge in [0.1, 0.15) is 0 Å². The van der Waals surface area contributed by atoms with E-state index in [4.69, 9.17) is 21.1 Å². The Bertz CT molecular complexity index is 640. The largest absolute Gasteiger partial charge is 0.465 e. The Morgan fingerprint density at radius 2 is 1.43 bits per heavy atom. The van der Waals surface area contributed by atoms with Crippen LogP contribution in [-0.4, -0.2) is 18.5 Å². The van der Waals surface area contributed by atoms with Crippen LogP contribution in [0.2, 0.25) is 5.02 Å². The molecule has 0 bridgehead atoms. The molecular formula is C24H36ClFO4. The van der Waals surface area contributed by atoms with Gasteiger partial charge in [-0.05, 0) is 32.4 Å². The van der Waals surface area contributed by atoms with E-state index in [1.54, 1.807) is 0 Å². The molecule has 170 valence electrons. The number of rotatable bonds is 15. The zero-order chi connectivity index (χ0) is 22.4. The average Bonchev–Trinajstić information content (AvgIpc) is 2.71. The highest BCUT2D eigenvalue weighted by molar-refractivity contribution is 6.32. The molecule has 1 rings (SSSR count). The van der Waals surface area contributed by atoms with Crippen LogP contribution in [0.3, 0.4) is 0 Å². The lowest BCUT2D eigenvalue weighted by Gasteiger charge is -2.21. The number of para-hydroxylation sites is 1. The minimum Gasteiger partial charge on any atom is -0.465 e. The van der Waals surface area contributed by atoms with Crippen LogP contribution in [0, 0.1) is 11.2 Å². The normalized spacial score (nSPS) is 11.4. The summed E-state index contributed by atoms with van der Waals surface area (Å²) in [5.41, 5.74) is -1.55. The van der Waals surface area contributed by atoms with Crippen LogP contribution in [-0.2, 0) is 14.3 Å². The first-order valence-electron chi connectivity index (χ1n) is 11.1. The zero-order valence-electron chi connectivity index (χ0n) is 18.6. The van der Waals surface area contributed by atoms with Crippen LogP contribution in [0.15, 0.2) is 18.2 Å². The summed E-state index contributed by atoms with van der Waals surface area (Å²) in [6.45, 7) is 5.28. The number of esters is 2. The second kappa shape index (κ2) is 14.4. The fourth-order valence-corrected chi connectivity index (χ4v) is 3.20. The zero-order valence-corrected chi connectivity index (χ0v) is 19.4. The van der Waals surface area contributed by atoms with E-state index in [-0.39, 0.29) is 17.4 Å². The molecule has 1 aromatic carbocycles. The molecule has 0 radical (unpaired) electrons. The first-order chi connectivity index (χ1) is 14.3. The molecule has 0 heterocycles. The molecular weight excluding hydrogens is 407 g/mol. The monoisotopic (exact) mass is 442 g/mol. The van der Waals surface area contributed by atoms with Gasteiger partial charge in [0, 0.05) is 0 Å². The van der Waals surface area contributed by atoms with Crippen molar-refractivity contribution in [1.29, 1.82) is 0 Å². The Morgan fingerprint density at radius 1 is 0.900 bits per heavy atom. The molecule has 0 unspecified atom stereocenters. The Balaban J connectivity index is 2.21. The second-order valence-corrected chi connectivity index (χ2v) is 8.64. The fourth-order valence-electron chi connectivity index (χ4n) is 3.00. The van der Waals surface area contributed by atoms with E-state index in [0.29, 0.717) is 0 Å². The third-order valence-electron chi connectivity index (χ3n) is 5.12. The summed E-state index contributed by atoms with van der Waals surface area (Å²) in [4.78, 5) is 24.6. The molecule has 0 aliphatic rings. The van der Waals surface area contributed by atoms with Gasteiger partial charge in [0.2, 0.25) is 0 Å². The summed E-state index contributed by atoms with van der Waals surface area (Å²) < 4.78 is 24.1. The first-order valence-corrected chi connectivity index (χ1v) is 11.5. The van der Waals surface area contributed by atoms with Gasteiger partial charge in [-0.3, -0.25) is 9.59 Å². The minimum absolute atomic E-state index is 0.0338. The van der Waals surface area contributed by atoms with Crippen LogP contribution in [0.1, 0.15) is 91.4 Å². The summed E-state index contributed by atoms with van der Waals surface area (Å²) in [6.07, 6.45) is 13.2. The topological polar surface area (TPSA) is 52.6 Å². The van der Waals surface area contributed by atoms with Gasteiger partial charge < -0.3 is 9.47 Å². The molecule has 6 heteroatoms. The maximum Gasteiger partial charge on any atom is 0.328 e. The van der Waals surface area contributed by atoms with Gasteiger partial charge in [-0.25, -0.2) is 4.39 Å². The van der Waals surface area contributed by atoms with E-state index in [1.807, 2.05) is 0 Å². The van der Waals surface area contributed by atoms with E-state index in [2.05, 4.69) is 6.92 Å². The molecule has 1 aromatic rings. The summed E-state index contributed by atoms with van der Waals surface area (Å²) in [6, 6.07) is 3.94. The van der Waals surface area contributed by atoms with E-state index in [0.717, 1.165) is 25.3 Å². The van der Waals surface area contributed by atoms with Gasteiger partial charge in [0.05, 0.1) is 11.6 Å². The molecule has 0 amide bonds. The molecule has 0 atom stereocenters. The second-order valence-electron chi connectivity index (χ2n) is 8.24. The number of carbonyl (C=O) groups is 2. The lowest BCUT2D eigenvalue weighted by molar-refractivity contribution is -0.164. The average molecular weight is 443 g/mol. The van der Waals surface area contributed by atoms with Crippen molar-refractivity contribution in [2.24, 2.45) is 5.41 Å². The number of hydrogen-bond donors (Lipinski definition) is 0. The predicted molar refractivity (Wildman–Crippen MR) is 118 cm³/mol. The number of unbranched alkanes of at least 4 members (excludes halogenated alkanes) is 10. The molecule has 0 saturated heterocycles. The highest BCUT2D eigenvalue weighted by atomic mass is 35.5. The van der Waals surface area contributed by atoms with Gasteiger partial charge in [-0.15, -0.1) is 0 Å². The van der Waals surface area contributed by atoms with E-state index < -0.39 is 23.2 Å². The minimum atomic E-state index is -1.55. The molecule has 4 nitrogen and oxygen atoms in total. The lowest BCUT2D eigenvalue weighted by atomic mass is 9.94. The van der Waals surface area contributed by atoms with Gasteiger partial charge >= 0.3 is 11.9 Å². The number of hydrogen-bond acceptors (Lipinski definition) is 4. The van der Waals surface area contributed by atoms with Crippen molar-refractivity contribution >= 4 is 23.5 Å². The highest BCUT2D eigenvalue weighted by Gasteiger charge is 2.40. The lowest BCUT2D eigenvalue weighted by Crippen LogP contribution is -2.38. The van der Waals surface area contributed by atoms with Crippen molar-refractivity contribution in [3.63, 3.8) is 0 Å². The van der Waals surface area contributed by atoms with Gasteiger partial charge in [-0.2, -0.15) is 0 Å². The third-order valence-corrected chi connectivity index (χ3v) is 5.41. The van der Waals surface area contributed by atoms with Crippen LogP contribution in [0.5, 0.6) is 5.75 Å². The maximum absolute atomic E-state index is 13.8. The quantitative estimate of drug-likeness (QED) is 0.124. The summed E-state index contributed by atoms with van der Waals surface area (Å²) in [5.74, 6) is -2.73. The van der Waals surface area contributed by atoms with E-state index in [9.17, 15) is 14.0 Å². The molecule has 0 saturated carbocycles. The number of ether oxygens (including phenoxy) is 2.